The molecule has 0 saturated carbocycles. The molecule has 0 aromatic rings. The van der Waals surface area contributed by atoms with Crippen molar-refractivity contribution >= 4 is 0 Å². The topological polar surface area (TPSA) is 26.7 Å². The summed E-state index contributed by atoms with van der Waals surface area (Å²) < 4.78 is 0. The van der Waals surface area contributed by atoms with Gasteiger partial charge in [-0.05, 0) is 32.3 Å². The second kappa shape index (κ2) is 5.89. The Bertz CT molecular complexity index is 346. The normalized spacial score (nSPS) is 22.6. The van der Waals surface area contributed by atoms with Crippen molar-refractivity contribution in [3.05, 3.63) is 23.5 Å². The fourth-order valence-corrected chi connectivity index (χ4v) is 2.83. The molecule has 3 heteroatoms. The number of piperazine rings is 1. The van der Waals surface area contributed by atoms with Gasteiger partial charge in [0.15, 0.2) is 0 Å². The van der Waals surface area contributed by atoms with Crippen LogP contribution < -0.4 is 0 Å². The molecule has 1 unspecified atom stereocenters. The molecule has 0 bridgehead atoms. The maximum absolute atomic E-state index is 10.3. The summed E-state index contributed by atoms with van der Waals surface area (Å²) in [5, 5.41) is 10.3. The van der Waals surface area contributed by atoms with E-state index in [1.165, 1.54) is 11.3 Å². The molecular formula is C15H26N2O. The minimum atomic E-state index is -0.260. The van der Waals surface area contributed by atoms with Gasteiger partial charge in [0.25, 0.3) is 0 Å². The van der Waals surface area contributed by atoms with Crippen molar-refractivity contribution < 1.29 is 5.11 Å². The molecule has 3 nitrogen and oxygen atoms in total. The highest BCUT2D eigenvalue weighted by atomic mass is 16.3. The maximum Gasteiger partial charge on any atom is 0.0773 e. The summed E-state index contributed by atoms with van der Waals surface area (Å²) in [6.45, 7) is 9.77. The van der Waals surface area contributed by atoms with Crippen LogP contribution in [0.3, 0.4) is 0 Å². The van der Waals surface area contributed by atoms with E-state index in [0.717, 1.165) is 38.9 Å². The van der Waals surface area contributed by atoms with Gasteiger partial charge in [-0.1, -0.05) is 19.4 Å². The standard InChI is InChI=1S/C15H26N2O/c1-4-6-15(18)13-7-5-8-16-9-10-17(12(2)3)11-14(13)16/h5,8,12,15,18H,4,6-7,9-11H2,1-3H3. The minimum absolute atomic E-state index is 0.260. The van der Waals surface area contributed by atoms with Gasteiger partial charge < -0.3 is 10.0 Å². The Hall–Kier alpha value is -0.800. The molecule has 1 saturated heterocycles. The third kappa shape index (κ3) is 2.78. The summed E-state index contributed by atoms with van der Waals surface area (Å²) in [7, 11) is 0. The van der Waals surface area contributed by atoms with Crippen molar-refractivity contribution in [2.45, 2.75) is 52.2 Å². The van der Waals surface area contributed by atoms with Crippen molar-refractivity contribution in [3.63, 3.8) is 0 Å². The van der Waals surface area contributed by atoms with E-state index < -0.39 is 0 Å². The van der Waals surface area contributed by atoms with Gasteiger partial charge in [0, 0.05) is 37.6 Å². The predicted molar refractivity (Wildman–Crippen MR) is 75.1 cm³/mol. The van der Waals surface area contributed by atoms with Gasteiger partial charge in [-0.25, -0.2) is 0 Å². The first-order valence-electron chi connectivity index (χ1n) is 7.20. The Morgan fingerprint density at radius 1 is 1.33 bits per heavy atom. The summed E-state index contributed by atoms with van der Waals surface area (Å²) >= 11 is 0. The first-order valence-corrected chi connectivity index (χ1v) is 7.20. The summed E-state index contributed by atoms with van der Waals surface area (Å²) in [6.07, 6.45) is 6.94. The number of fused-ring (bicyclic) bond motifs is 1. The van der Waals surface area contributed by atoms with Crippen molar-refractivity contribution in [2.75, 3.05) is 19.6 Å². The Kier molecular flexibility index (Phi) is 4.46. The van der Waals surface area contributed by atoms with E-state index in [1.54, 1.807) is 0 Å². The molecule has 2 heterocycles. The second-order valence-electron chi connectivity index (χ2n) is 5.62. The molecule has 1 N–H and O–H groups in total. The van der Waals surface area contributed by atoms with Gasteiger partial charge in [-0.3, -0.25) is 4.90 Å². The summed E-state index contributed by atoms with van der Waals surface area (Å²) in [6, 6.07) is 0.579. The predicted octanol–water partition coefficient (Wildman–Crippen LogP) is 2.34. The van der Waals surface area contributed by atoms with Crippen LogP contribution in [0, 0.1) is 0 Å². The van der Waals surface area contributed by atoms with Crippen LogP contribution in [0.5, 0.6) is 0 Å². The molecule has 18 heavy (non-hydrogen) atoms. The Morgan fingerprint density at radius 2 is 2.11 bits per heavy atom. The SMILES string of the molecule is CCCC(O)C1=C2CN(C(C)C)CCN2C=CC1. The van der Waals surface area contributed by atoms with Crippen molar-refractivity contribution in [3.8, 4) is 0 Å². The Balaban J connectivity index is 2.18. The van der Waals surface area contributed by atoms with E-state index in [-0.39, 0.29) is 6.10 Å². The number of nitrogens with zero attached hydrogens (tertiary/aromatic N) is 2. The average molecular weight is 250 g/mol. The molecule has 102 valence electrons. The molecule has 0 aromatic carbocycles. The van der Waals surface area contributed by atoms with E-state index in [9.17, 15) is 5.11 Å². The van der Waals surface area contributed by atoms with Gasteiger partial charge in [0.2, 0.25) is 0 Å². The summed E-state index contributed by atoms with van der Waals surface area (Å²) in [4.78, 5) is 4.82. The summed E-state index contributed by atoms with van der Waals surface area (Å²) in [5.74, 6) is 0. The van der Waals surface area contributed by atoms with E-state index in [2.05, 4.69) is 42.8 Å². The highest BCUT2D eigenvalue weighted by molar-refractivity contribution is 5.28. The Labute approximate surface area is 111 Å². The summed E-state index contributed by atoms with van der Waals surface area (Å²) in [5.41, 5.74) is 2.59. The zero-order valence-electron chi connectivity index (χ0n) is 11.9. The lowest BCUT2D eigenvalue weighted by Gasteiger charge is -2.41. The lowest BCUT2D eigenvalue weighted by molar-refractivity contribution is 0.152. The van der Waals surface area contributed by atoms with Crippen LogP contribution in [0.4, 0.5) is 0 Å². The van der Waals surface area contributed by atoms with E-state index in [1.807, 2.05) is 0 Å². The van der Waals surface area contributed by atoms with Crippen LogP contribution in [0.15, 0.2) is 23.5 Å². The number of allylic oxidation sites excluding steroid dienone is 1. The zero-order valence-corrected chi connectivity index (χ0v) is 11.9. The third-order valence-electron chi connectivity index (χ3n) is 4.02. The van der Waals surface area contributed by atoms with Crippen molar-refractivity contribution in [2.24, 2.45) is 0 Å². The smallest absolute Gasteiger partial charge is 0.0773 e. The van der Waals surface area contributed by atoms with Crippen LogP contribution in [-0.4, -0.2) is 46.7 Å². The third-order valence-corrected chi connectivity index (χ3v) is 4.02. The quantitative estimate of drug-likeness (QED) is 0.829. The van der Waals surface area contributed by atoms with Gasteiger partial charge in [-0.2, -0.15) is 0 Å². The van der Waals surface area contributed by atoms with Crippen LogP contribution in [0.1, 0.15) is 40.0 Å². The average Bonchev–Trinajstić information content (AvgIpc) is 2.37. The Morgan fingerprint density at radius 3 is 2.78 bits per heavy atom. The zero-order chi connectivity index (χ0) is 13.1. The van der Waals surface area contributed by atoms with E-state index in [4.69, 9.17) is 0 Å². The van der Waals surface area contributed by atoms with Crippen LogP contribution in [-0.2, 0) is 0 Å². The molecule has 2 aliphatic rings. The van der Waals surface area contributed by atoms with Gasteiger partial charge >= 0.3 is 0 Å². The number of rotatable bonds is 4. The van der Waals surface area contributed by atoms with Crippen LogP contribution in [0.2, 0.25) is 0 Å². The van der Waals surface area contributed by atoms with Crippen molar-refractivity contribution in [1.82, 2.24) is 9.80 Å². The first kappa shape index (κ1) is 13.6. The molecule has 2 aliphatic heterocycles. The maximum atomic E-state index is 10.3. The largest absolute Gasteiger partial charge is 0.389 e. The van der Waals surface area contributed by atoms with Gasteiger partial charge in [-0.15, -0.1) is 0 Å². The minimum Gasteiger partial charge on any atom is -0.389 e. The van der Waals surface area contributed by atoms with Crippen molar-refractivity contribution in [1.29, 1.82) is 0 Å². The van der Waals surface area contributed by atoms with Gasteiger partial charge in [0.05, 0.1) is 6.10 Å². The first-order chi connectivity index (χ1) is 8.63. The molecule has 0 radical (unpaired) electrons. The van der Waals surface area contributed by atoms with Crippen LogP contribution >= 0.6 is 0 Å². The molecule has 1 fully saturated rings. The highest BCUT2D eigenvalue weighted by Gasteiger charge is 2.27. The number of aliphatic hydroxyl groups is 1. The molecule has 2 rings (SSSR count). The number of hydrogen-bond donors (Lipinski definition) is 1. The van der Waals surface area contributed by atoms with E-state index in [0.29, 0.717) is 6.04 Å². The number of aliphatic hydroxyl groups excluding tert-OH is 1. The molecular weight excluding hydrogens is 224 g/mol. The number of hydrogen-bond acceptors (Lipinski definition) is 3. The monoisotopic (exact) mass is 250 g/mol. The van der Waals surface area contributed by atoms with Crippen LogP contribution in [0.25, 0.3) is 0 Å². The lowest BCUT2D eigenvalue weighted by atomic mass is 9.95. The molecule has 0 amide bonds. The fourth-order valence-electron chi connectivity index (χ4n) is 2.83. The highest BCUT2D eigenvalue weighted by Crippen LogP contribution is 2.28. The molecule has 0 aliphatic carbocycles. The second-order valence-corrected chi connectivity index (χ2v) is 5.62. The lowest BCUT2D eigenvalue weighted by Crippen LogP contribution is -2.47. The molecule has 0 spiro atoms. The van der Waals surface area contributed by atoms with E-state index >= 15 is 0 Å². The molecule has 1 atom stereocenters. The van der Waals surface area contributed by atoms with Gasteiger partial charge in [0.1, 0.15) is 0 Å². The fraction of sp³-hybridized carbons (Fsp3) is 0.733. The molecule has 0 aromatic heterocycles.